The largest absolute Gasteiger partial charge is 0.381 e. The number of hydrogen-bond acceptors (Lipinski definition) is 8. The van der Waals surface area contributed by atoms with E-state index in [1.807, 2.05) is 12.1 Å². The minimum Gasteiger partial charge on any atom is -0.381 e. The lowest BCUT2D eigenvalue weighted by Gasteiger charge is -2.24. The van der Waals surface area contributed by atoms with Gasteiger partial charge in [-0.2, -0.15) is 5.26 Å². The molecule has 0 aliphatic carbocycles. The molecule has 28 heavy (non-hydrogen) atoms. The zero-order valence-corrected chi connectivity index (χ0v) is 16.0. The fourth-order valence-corrected chi connectivity index (χ4v) is 2.55. The van der Waals surface area contributed by atoms with Gasteiger partial charge in [0.2, 0.25) is 0 Å². The van der Waals surface area contributed by atoms with Crippen LogP contribution in [0, 0.1) is 29.1 Å². The fraction of sp³-hybridized carbons (Fsp3) is 0.400. The molecule has 8 heteroatoms. The van der Waals surface area contributed by atoms with Crippen LogP contribution < -0.4 is 16.0 Å². The molecule has 0 saturated carbocycles. The van der Waals surface area contributed by atoms with Crippen LogP contribution in [0.25, 0.3) is 0 Å². The molecule has 1 saturated heterocycles. The molecule has 1 aliphatic rings. The molecular formula is C20H23N7O. The number of rotatable bonds is 5. The van der Waals surface area contributed by atoms with Gasteiger partial charge in [-0.1, -0.05) is 25.7 Å². The molecule has 3 N–H and O–H groups in total. The Balaban J connectivity index is 1.77. The van der Waals surface area contributed by atoms with Crippen LogP contribution in [0.15, 0.2) is 24.7 Å². The summed E-state index contributed by atoms with van der Waals surface area (Å²) in [7, 11) is 0. The summed E-state index contributed by atoms with van der Waals surface area (Å²) in [6.07, 6.45) is 4.75. The zero-order chi connectivity index (χ0) is 19.8. The van der Waals surface area contributed by atoms with Gasteiger partial charge in [0.1, 0.15) is 17.7 Å². The molecule has 3 heterocycles. The Morgan fingerprint density at radius 3 is 2.79 bits per heavy atom. The van der Waals surface area contributed by atoms with Gasteiger partial charge in [0.15, 0.2) is 5.69 Å². The molecule has 8 nitrogen and oxygen atoms in total. The molecular weight excluding hydrogens is 354 g/mol. The molecule has 144 valence electrons. The highest BCUT2D eigenvalue weighted by atomic mass is 16.5. The molecule has 0 spiro atoms. The molecule has 1 atom stereocenters. The first-order valence-corrected chi connectivity index (χ1v) is 9.21. The van der Waals surface area contributed by atoms with Gasteiger partial charge in [0.25, 0.3) is 0 Å². The third-order valence-electron chi connectivity index (χ3n) is 3.95. The summed E-state index contributed by atoms with van der Waals surface area (Å²) in [6.45, 7) is 7.19. The van der Waals surface area contributed by atoms with Crippen LogP contribution in [0.1, 0.15) is 25.1 Å². The van der Waals surface area contributed by atoms with Crippen molar-refractivity contribution in [3.05, 3.63) is 35.9 Å². The van der Waals surface area contributed by atoms with Gasteiger partial charge >= 0.3 is 0 Å². The van der Waals surface area contributed by atoms with Crippen LogP contribution in [0.3, 0.4) is 0 Å². The third-order valence-corrected chi connectivity index (χ3v) is 3.95. The predicted molar refractivity (Wildman–Crippen MR) is 107 cm³/mol. The van der Waals surface area contributed by atoms with Crippen molar-refractivity contribution in [3.63, 3.8) is 0 Å². The number of nitriles is 1. The van der Waals surface area contributed by atoms with Gasteiger partial charge in [-0.25, -0.2) is 15.0 Å². The normalized spacial score (nSPS) is 16.0. The summed E-state index contributed by atoms with van der Waals surface area (Å²) in [5.41, 5.74) is 1.97. The molecule has 0 bridgehead atoms. The van der Waals surface area contributed by atoms with Crippen molar-refractivity contribution in [3.8, 4) is 17.9 Å². The van der Waals surface area contributed by atoms with Crippen molar-refractivity contribution >= 4 is 17.3 Å². The highest BCUT2D eigenvalue weighted by molar-refractivity contribution is 5.65. The number of aromatic nitrogens is 3. The van der Waals surface area contributed by atoms with E-state index in [9.17, 15) is 0 Å². The van der Waals surface area contributed by atoms with E-state index in [4.69, 9.17) is 10.00 Å². The van der Waals surface area contributed by atoms with Gasteiger partial charge in [0, 0.05) is 37.8 Å². The average Bonchev–Trinajstić information content (AvgIpc) is 2.72. The van der Waals surface area contributed by atoms with Gasteiger partial charge < -0.3 is 20.7 Å². The number of nitrogens with one attached hydrogen (secondary N) is 3. The van der Waals surface area contributed by atoms with Crippen molar-refractivity contribution in [1.82, 2.24) is 20.3 Å². The average molecular weight is 377 g/mol. The Kier molecular flexibility index (Phi) is 6.74. The van der Waals surface area contributed by atoms with E-state index >= 15 is 0 Å². The summed E-state index contributed by atoms with van der Waals surface area (Å²) in [6, 6.07) is 3.84. The second kappa shape index (κ2) is 9.65. The van der Waals surface area contributed by atoms with Crippen LogP contribution in [0.2, 0.25) is 0 Å². The van der Waals surface area contributed by atoms with Gasteiger partial charge in [-0.05, 0) is 0 Å². The highest BCUT2D eigenvalue weighted by Crippen LogP contribution is 2.20. The Morgan fingerprint density at radius 1 is 1.25 bits per heavy atom. The molecule has 0 amide bonds. The topological polar surface area (TPSA) is 108 Å². The van der Waals surface area contributed by atoms with E-state index in [1.165, 1.54) is 12.4 Å². The fourth-order valence-electron chi connectivity index (χ4n) is 2.55. The lowest BCUT2D eigenvalue weighted by Crippen LogP contribution is -2.42. The maximum absolute atomic E-state index is 8.82. The zero-order valence-electron chi connectivity index (χ0n) is 16.0. The maximum Gasteiger partial charge on any atom is 0.158 e. The summed E-state index contributed by atoms with van der Waals surface area (Å²) < 4.78 is 5.75. The molecule has 0 unspecified atom stereocenters. The van der Waals surface area contributed by atoms with Crippen molar-refractivity contribution in [1.29, 1.82) is 5.26 Å². The van der Waals surface area contributed by atoms with Crippen LogP contribution in [0.5, 0.6) is 0 Å². The van der Waals surface area contributed by atoms with Gasteiger partial charge in [0.05, 0.1) is 36.4 Å². The first kappa shape index (κ1) is 19.6. The van der Waals surface area contributed by atoms with Crippen LogP contribution in [0.4, 0.5) is 17.3 Å². The molecule has 2 aromatic heterocycles. The number of pyridine rings is 1. The number of anilines is 3. The van der Waals surface area contributed by atoms with Crippen LogP contribution in [-0.4, -0.2) is 47.3 Å². The second-order valence-corrected chi connectivity index (χ2v) is 6.64. The molecule has 3 rings (SSSR count). The number of morpholine rings is 1. The standard InChI is InChI=1S/C20H23N7O/c1-14(2)3-4-15-9-25-19(27-20-13-23-16(8-21)10-26-20)7-18(15)24-12-17-11-22-5-6-28-17/h7,9-10,13-14,17,22H,5-6,11-12H2,1-2H3,(H2,24,25,26,27)/t17-/m0/s1. The number of hydrogen-bond donors (Lipinski definition) is 3. The Labute approximate surface area is 164 Å². The molecule has 0 aromatic carbocycles. The molecule has 1 fully saturated rings. The number of ether oxygens (including phenoxy) is 1. The SMILES string of the molecule is CC(C)C#Cc1cnc(Nc2cnc(C#N)cn2)cc1NC[C@@H]1CNCCO1. The van der Waals surface area contributed by atoms with E-state index in [0.29, 0.717) is 24.8 Å². The first-order chi connectivity index (χ1) is 13.6. The van der Waals surface area contributed by atoms with Crippen molar-refractivity contribution < 1.29 is 4.74 Å². The second-order valence-electron chi connectivity index (χ2n) is 6.64. The summed E-state index contributed by atoms with van der Waals surface area (Å²) in [5, 5.41) is 18.7. The third kappa shape index (κ3) is 5.65. The van der Waals surface area contributed by atoms with E-state index < -0.39 is 0 Å². The lowest BCUT2D eigenvalue weighted by molar-refractivity contribution is 0.0372. The monoisotopic (exact) mass is 377 g/mol. The summed E-state index contributed by atoms with van der Waals surface area (Å²) in [5.74, 6) is 7.75. The Morgan fingerprint density at radius 2 is 2.11 bits per heavy atom. The highest BCUT2D eigenvalue weighted by Gasteiger charge is 2.14. The van der Waals surface area contributed by atoms with Crippen LogP contribution in [-0.2, 0) is 4.74 Å². The number of nitrogens with zero attached hydrogens (tertiary/aromatic N) is 4. The Bertz CT molecular complexity index is 887. The van der Waals surface area contributed by atoms with E-state index in [2.05, 4.69) is 56.6 Å². The minimum absolute atomic E-state index is 0.105. The predicted octanol–water partition coefficient (Wildman–Crippen LogP) is 1.89. The first-order valence-electron chi connectivity index (χ1n) is 9.21. The summed E-state index contributed by atoms with van der Waals surface area (Å²) in [4.78, 5) is 12.6. The van der Waals surface area contributed by atoms with Gasteiger partial charge in [-0.3, -0.25) is 0 Å². The quantitative estimate of drug-likeness (QED) is 0.678. The molecule has 2 aromatic rings. The van der Waals surface area contributed by atoms with E-state index in [1.54, 1.807) is 6.20 Å². The van der Waals surface area contributed by atoms with Crippen molar-refractivity contribution in [2.75, 3.05) is 36.9 Å². The van der Waals surface area contributed by atoms with Gasteiger partial charge in [-0.15, -0.1) is 0 Å². The van der Waals surface area contributed by atoms with E-state index in [-0.39, 0.29) is 17.7 Å². The van der Waals surface area contributed by atoms with Crippen molar-refractivity contribution in [2.24, 2.45) is 5.92 Å². The summed E-state index contributed by atoms with van der Waals surface area (Å²) >= 11 is 0. The molecule has 0 radical (unpaired) electrons. The Hall–Kier alpha value is -3.20. The molecule has 1 aliphatic heterocycles. The minimum atomic E-state index is 0.105. The maximum atomic E-state index is 8.82. The van der Waals surface area contributed by atoms with E-state index in [0.717, 1.165) is 24.3 Å². The lowest BCUT2D eigenvalue weighted by atomic mass is 10.1. The van der Waals surface area contributed by atoms with Crippen LogP contribution >= 0.6 is 0 Å². The smallest absolute Gasteiger partial charge is 0.158 e. The van der Waals surface area contributed by atoms with Crippen molar-refractivity contribution in [2.45, 2.75) is 20.0 Å².